The number of aromatic hydroxyl groups is 1. The van der Waals surface area contributed by atoms with Gasteiger partial charge in [0.25, 0.3) is 0 Å². The number of nitrogens with one attached hydrogen (secondary N) is 2. The number of halogens is 4. The van der Waals surface area contributed by atoms with Crippen LogP contribution in [0.25, 0.3) is 0 Å². The largest absolute Gasteiger partial charge is 0.506 e. The molecule has 0 fully saturated rings. The predicted molar refractivity (Wildman–Crippen MR) is 81.7 cm³/mol. The van der Waals surface area contributed by atoms with E-state index in [2.05, 4.69) is 10.6 Å². The first-order valence-electron chi connectivity index (χ1n) is 6.45. The molecular formula is C15H12ClF3N2O2. The minimum Gasteiger partial charge on any atom is -0.506 e. The average Bonchev–Trinajstić information content (AvgIpc) is 2.48. The molecule has 0 aliphatic heterocycles. The number of hydrogen-bond donors (Lipinski definition) is 3. The van der Waals surface area contributed by atoms with Crippen LogP contribution in [0.5, 0.6) is 5.75 Å². The minimum atomic E-state index is -4.45. The number of carbonyl (C=O) groups is 1. The monoisotopic (exact) mass is 344 g/mol. The van der Waals surface area contributed by atoms with Crippen LogP contribution < -0.4 is 10.6 Å². The van der Waals surface area contributed by atoms with E-state index in [-0.39, 0.29) is 23.7 Å². The zero-order valence-corrected chi connectivity index (χ0v) is 12.4. The molecule has 0 radical (unpaired) electrons. The van der Waals surface area contributed by atoms with Gasteiger partial charge in [0.05, 0.1) is 17.8 Å². The highest BCUT2D eigenvalue weighted by molar-refractivity contribution is 6.31. The quantitative estimate of drug-likeness (QED) is 0.731. The molecule has 0 aliphatic rings. The number of amides is 1. The smallest absolute Gasteiger partial charge is 0.416 e. The van der Waals surface area contributed by atoms with Crippen LogP contribution in [0.15, 0.2) is 42.5 Å². The fourth-order valence-electron chi connectivity index (χ4n) is 1.79. The van der Waals surface area contributed by atoms with Crippen molar-refractivity contribution >= 4 is 28.9 Å². The first-order chi connectivity index (χ1) is 10.8. The van der Waals surface area contributed by atoms with Crippen molar-refractivity contribution in [2.45, 2.75) is 6.18 Å². The molecule has 0 unspecified atom stereocenters. The van der Waals surface area contributed by atoms with Crippen molar-refractivity contribution in [1.29, 1.82) is 0 Å². The second-order valence-electron chi connectivity index (χ2n) is 4.64. The first kappa shape index (κ1) is 17.0. The third-order valence-corrected chi connectivity index (χ3v) is 3.11. The van der Waals surface area contributed by atoms with Crippen LogP contribution in [0.1, 0.15) is 5.56 Å². The molecule has 122 valence electrons. The van der Waals surface area contributed by atoms with Gasteiger partial charge < -0.3 is 15.7 Å². The molecule has 0 aliphatic carbocycles. The van der Waals surface area contributed by atoms with Crippen LogP contribution in [0.2, 0.25) is 5.02 Å². The van der Waals surface area contributed by atoms with Gasteiger partial charge >= 0.3 is 6.18 Å². The van der Waals surface area contributed by atoms with E-state index in [9.17, 15) is 23.1 Å². The molecule has 1 amide bonds. The maximum absolute atomic E-state index is 12.6. The summed E-state index contributed by atoms with van der Waals surface area (Å²) in [5, 5.41) is 14.9. The fraction of sp³-hybridized carbons (Fsp3) is 0.133. The number of rotatable bonds is 4. The van der Waals surface area contributed by atoms with Gasteiger partial charge in [0.1, 0.15) is 5.75 Å². The molecule has 3 N–H and O–H groups in total. The van der Waals surface area contributed by atoms with Gasteiger partial charge in [0, 0.05) is 10.7 Å². The zero-order valence-electron chi connectivity index (χ0n) is 11.6. The number of benzene rings is 2. The normalized spacial score (nSPS) is 11.1. The third kappa shape index (κ3) is 4.79. The van der Waals surface area contributed by atoms with E-state index < -0.39 is 17.6 Å². The van der Waals surface area contributed by atoms with Crippen LogP contribution in [-0.2, 0) is 11.0 Å². The molecule has 4 nitrogen and oxygen atoms in total. The van der Waals surface area contributed by atoms with Gasteiger partial charge in [-0.15, -0.1) is 0 Å². The Bertz CT molecular complexity index is 720. The first-order valence-corrected chi connectivity index (χ1v) is 6.83. The summed E-state index contributed by atoms with van der Waals surface area (Å²) < 4.78 is 37.8. The van der Waals surface area contributed by atoms with E-state index >= 15 is 0 Å². The molecule has 2 rings (SSSR count). The molecular weight excluding hydrogens is 333 g/mol. The lowest BCUT2D eigenvalue weighted by Gasteiger charge is -2.11. The molecule has 0 heterocycles. The number of phenols is 1. The predicted octanol–water partition coefficient (Wildman–Crippen LogP) is 4.12. The molecule has 2 aromatic rings. The van der Waals surface area contributed by atoms with E-state index in [0.717, 1.165) is 12.1 Å². The number of anilines is 2. The standard InChI is InChI=1S/C15H12ClF3N2O2/c16-10-4-5-13(22)12(7-10)21-14(23)8-20-11-3-1-2-9(6-11)15(17,18)19/h1-7,20,22H,8H2,(H,21,23). The van der Waals surface area contributed by atoms with Crippen molar-refractivity contribution in [2.75, 3.05) is 17.2 Å². The molecule has 0 spiro atoms. The molecule has 2 aromatic carbocycles. The summed E-state index contributed by atoms with van der Waals surface area (Å²) in [5.74, 6) is -0.707. The van der Waals surface area contributed by atoms with E-state index in [1.807, 2.05) is 0 Å². The average molecular weight is 345 g/mol. The Morgan fingerprint density at radius 1 is 1.17 bits per heavy atom. The van der Waals surface area contributed by atoms with Crippen molar-refractivity contribution < 1.29 is 23.1 Å². The van der Waals surface area contributed by atoms with Gasteiger partial charge in [0.2, 0.25) is 5.91 Å². The second-order valence-corrected chi connectivity index (χ2v) is 5.08. The Morgan fingerprint density at radius 3 is 2.61 bits per heavy atom. The van der Waals surface area contributed by atoms with Crippen LogP contribution in [0, 0.1) is 0 Å². The van der Waals surface area contributed by atoms with Crippen LogP contribution >= 0.6 is 11.6 Å². The topological polar surface area (TPSA) is 61.4 Å². The third-order valence-electron chi connectivity index (χ3n) is 2.88. The molecule has 0 saturated heterocycles. The SMILES string of the molecule is O=C(CNc1cccc(C(F)(F)F)c1)Nc1cc(Cl)ccc1O. The number of hydrogen-bond acceptors (Lipinski definition) is 3. The maximum Gasteiger partial charge on any atom is 0.416 e. The Kier molecular flexibility index (Phi) is 5.00. The van der Waals surface area contributed by atoms with Crippen LogP contribution in [-0.4, -0.2) is 17.6 Å². The van der Waals surface area contributed by atoms with E-state index in [1.165, 1.54) is 30.3 Å². The molecule has 8 heteroatoms. The highest BCUT2D eigenvalue weighted by Gasteiger charge is 2.30. The number of carbonyl (C=O) groups excluding carboxylic acids is 1. The Morgan fingerprint density at radius 2 is 1.91 bits per heavy atom. The zero-order chi connectivity index (χ0) is 17.0. The highest BCUT2D eigenvalue weighted by Crippen LogP contribution is 2.30. The molecule has 23 heavy (non-hydrogen) atoms. The lowest BCUT2D eigenvalue weighted by Crippen LogP contribution is -2.22. The molecule has 0 atom stereocenters. The summed E-state index contributed by atoms with van der Waals surface area (Å²) >= 11 is 5.75. The van der Waals surface area contributed by atoms with Gasteiger partial charge in [-0.05, 0) is 36.4 Å². The number of phenolic OH excluding ortho intramolecular Hbond substituents is 1. The number of alkyl halides is 3. The molecule has 0 bridgehead atoms. The Balaban J connectivity index is 1.98. The summed E-state index contributed by atoms with van der Waals surface area (Å²) in [6, 6.07) is 8.63. The maximum atomic E-state index is 12.6. The van der Waals surface area contributed by atoms with Crippen molar-refractivity contribution in [3.63, 3.8) is 0 Å². The summed E-state index contributed by atoms with van der Waals surface area (Å²) in [7, 11) is 0. The van der Waals surface area contributed by atoms with Crippen molar-refractivity contribution in [2.24, 2.45) is 0 Å². The van der Waals surface area contributed by atoms with Crippen molar-refractivity contribution in [3.05, 3.63) is 53.1 Å². The van der Waals surface area contributed by atoms with Crippen LogP contribution in [0.4, 0.5) is 24.5 Å². The van der Waals surface area contributed by atoms with Gasteiger partial charge in [-0.1, -0.05) is 17.7 Å². The molecule has 0 saturated carbocycles. The summed E-state index contributed by atoms with van der Waals surface area (Å²) in [6.45, 7) is -0.271. The van der Waals surface area contributed by atoms with E-state index in [0.29, 0.717) is 5.02 Å². The van der Waals surface area contributed by atoms with Crippen LogP contribution in [0.3, 0.4) is 0 Å². The Hall–Kier alpha value is -2.41. The van der Waals surface area contributed by atoms with Gasteiger partial charge in [-0.2, -0.15) is 13.2 Å². The van der Waals surface area contributed by atoms with Gasteiger partial charge in [-0.25, -0.2) is 0 Å². The van der Waals surface area contributed by atoms with Gasteiger partial charge in [0.15, 0.2) is 0 Å². The summed E-state index contributed by atoms with van der Waals surface area (Å²) in [5.41, 5.74) is -0.533. The fourth-order valence-corrected chi connectivity index (χ4v) is 1.96. The lowest BCUT2D eigenvalue weighted by atomic mass is 10.2. The van der Waals surface area contributed by atoms with E-state index in [4.69, 9.17) is 11.6 Å². The summed E-state index contributed by atoms with van der Waals surface area (Å²) in [6.07, 6.45) is -4.45. The van der Waals surface area contributed by atoms with E-state index in [1.54, 1.807) is 0 Å². The second kappa shape index (κ2) is 6.78. The van der Waals surface area contributed by atoms with Crippen molar-refractivity contribution in [1.82, 2.24) is 0 Å². The highest BCUT2D eigenvalue weighted by atomic mass is 35.5. The minimum absolute atomic E-state index is 0.119. The van der Waals surface area contributed by atoms with Gasteiger partial charge in [-0.3, -0.25) is 4.79 Å². The lowest BCUT2D eigenvalue weighted by molar-refractivity contribution is -0.137. The Labute approximate surface area is 134 Å². The van der Waals surface area contributed by atoms with Crippen molar-refractivity contribution in [3.8, 4) is 5.75 Å². The summed E-state index contributed by atoms with van der Waals surface area (Å²) in [4.78, 5) is 11.8. The molecule has 0 aromatic heterocycles.